The second kappa shape index (κ2) is 8.32. The number of hydrogen-bond acceptors (Lipinski definition) is 3. The van der Waals surface area contributed by atoms with Gasteiger partial charge in [0, 0.05) is 13.2 Å². The molecule has 1 heterocycles. The SMILES string of the molecule is CCOCCOc1ccccc1C(=O)N1CCc2ccc(F)cc2C1C. The van der Waals surface area contributed by atoms with Crippen molar-refractivity contribution in [1.29, 1.82) is 0 Å². The fourth-order valence-corrected chi connectivity index (χ4v) is 3.34. The molecule has 0 bridgehead atoms. The molecular weight excluding hydrogens is 333 g/mol. The minimum atomic E-state index is -0.274. The van der Waals surface area contributed by atoms with Gasteiger partial charge in [-0.3, -0.25) is 4.79 Å². The molecule has 5 heteroatoms. The van der Waals surface area contributed by atoms with Gasteiger partial charge in [-0.25, -0.2) is 4.39 Å². The summed E-state index contributed by atoms with van der Waals surface area (Å²) in [6, 6.07) is 11.9. The monoisotopic (exact) mass is 357 g/mol. The van der Waals surface area contributed by atoms with Gasteiger partial charge in [-0.1, -0.05) is 18.2 Å². The summed E-state index contributed by atoms with van der Waals surface area (Å²) in [4.78, 5) is 14.9. The van der Waals surface area contributed by atoms with Crippen molar-refractivity contribution in [3.63, 3.8) is 0 Å². The average molecular weight is 357 g/mol. The summed E-state index contributed by atoms with van der Waals surface area (Å²) >= 11 is 0. The number of carbonyl (C=O) groups excluding carboxylic acids is 1. The van der Waals surface area contributed by atoms with E-state index in [2.05, 4.69) is 0 Å². The van der Waals surface area contributed by atoms with Crippen LogP contribution in [0.1, 0.15) is 41.4 Å². The number of nitrogens with zero attached hydrogens (tertiary/aromatic N) is 1. The minimum Gasteiger partial charge on any atom is -0.490 e. The first-order valence-electron chi connectivity index (χ1n) is 9.00. The van der Waals surface area contributed by atoms with Crippen LogP contribution in [-0.4, -0.2) is 37.2 Å². The smallest absolute Gasteiger partial charge is 0.258 e. The molecule has 0 aromatic heterocycles. The van der Waals surface area contributed by atoms with Crippen LogP contribution in [0, 0.1) is 5.82 Å². The van der Waals surface area contributed by atoms with Crippen molar-refractivity contribution in [2.45, 2.75) is 26.3 Å². The number of benzene rings is 2. The Hall–Kier alpha value is -2.40. The first-order chi connectivity index (χ1) is 12.6. The van der Waals surface area contributed by atoms with Crippen molar-refractivity contribution in [2.24, 2.45) is 0 Å². The zero-order valence-electron chi connectivity index (χ0n) is 15.2. The van der Waals surface area contributed by atoms with Crippen molar-refractivity contribution in [2.75, 3.05) is 26.4 Å². The lowest BCUT2D eigenvalue weighted by molar-refractivity contribution is 0.0668. The molecule has 2 aromatic rings. The fraction of sp³-hybridized carbons (Fsp3) is 0.381. The van der Waals surface area contributed by atoms with E-state index < -0.39 is 0 Å². The minimum absolute atomic E-state index is 0.0978. The molecule has 0 fully saturated rings. The van der Waals surface area contributed by atoms with Crippen molar-refractivity contribution in [3.8, 4) is 5.75 Å². The molecule has 4 nitrogen and oxygen atoms in total. The Labute approximate surface area is 153 Å². The van der Waals surface area contributed by atoms with Crippen molar-refractivity contribution >= 4 is 5.91 Å². The van der Waals surface area contributed by atoms with Gasteiger partial charge in [-0.05, 0) is 55.7 Å². The molecule has 3 rings (SSSR count). The zero-order valence-corrected chi connectivity index (χ0v) is 15.2. The van der Waals surface area contributed by atoms with Crippen LogP contribution in [0.5, 0.6) is 5.75 Å². The average Bonchev–Trinajstić information content (AvgIpc) is 2.66. The summed E-state index contributed by atoms with van der Waals surface area (Å²) in [5.74, 6) is 0.179. The van der Waals surface area contributed by atoms with E-state index in [0.29, 0.717) is 37.7 Å². The number of hydrogen-bond donors (Lipinski definition) is 0. The standard InChI is InChI=1S/C21H24FNO3/c1-3-25-12-13-26-20-7-5-4-6-18(20)21(24)23-11-10-16-8-9-17(22)14-19(16)15(23)2/h4-9,14-15H,3,10-13H2,1-2H3. The quantitative estimate of drug-likeness (QED) is 0.734. The molecule has 0 N–H and O–H groups in total. The molecule has 0 saturated heterocycles. The first-order valence-corrected chi connectivity index (χ1v) is 9.00. The third-order valence-corrected chi connectivity index (χ3v) is 4.72. The predicted octanol–water partition coefficient (Wildman–Crippen LogP) is 4.00. The second-order valence-electron chi connectivity index (χ2n) is 6.31. The third-order valence-electron chi connectivity index (χ3n) is 4.72. The number of fused-ring (bicyclic) bond motifs is 1. The molecule has 138 valence electrons. The lowest BCUT2D eigenvalue weighted by Crippen LogP contribution is -2.39. The van der Waals surface area contributed by atoms with Gasteiger partial charge in [0.15, 0.2) is 0 Å². The number of para-hydroxylation sites is 1. The topological polar surface area (TPSA) is 38.8 Å². The van der Waals surface area contributed by atoms with E-state index >= 15 is 0 Å². The van der Waals surface area contributed by atoms with Crippen LogP contribution in [0.25, 0.3) is 0 Å². The van der Waals surface area contributed by atoms with E-state index in [9.17, 15) is 9.18 Å². The van der Waals surface area contributed by atoms with Crippen molar-refractivity contribution in [1.82, 2.24) is 4.90 Å². The van der Waals surface area contributed by atoms with E-state index in [4.69, 9.17) is 9.47 Å². The Kier molecular flexibility index (Phi) is 5.89. The third kappa shape index (κ3) is 3.88. The number of halogens is 1. The van der Waals surface area contributed by atoms with Crippen LogP contribution < -0.4 is 4.74 Å². The highest BCUT2D eigenvalue weighted by Gasteiger charge is 2.29. The Morgan fingerprint density at radius 3 is 2.85 bits per heavy atom. The lowest BCUT2D eigenvalue weighted by atomic mass is 9.93. The Morgan fingerprint density at radius 1 is 1.23 bits per heavy atom. The highest BCUT2D eigenvalue weighted by molar-refractivity contribution is 5.97. The molecule has 26 heavy (non-hydrogen) atoms. The van der Waals surface area contributed by atoms with E-state index in [1.54, 1.807) is 17.0 Å². The van der Waals surface area contributed by atoms with Crippen molar-refractivity contribution < 1.29 is 18.7 Å². The molecular formula is C21H24FNO3. The molecule has 1 aliphatic heterocycles. The van der Waals surface area contributed by atoms with Crippen LogP contribution in [0.15, 0.2) is 42.5 Å². The summed E-state index contributed by atoms with van der Waals surface area (Å²) in [6.07, 6.45) is 0.721. The maximum atomic E-state index is 13.7. The molecule has 1 unspecified atom stereocenters. The van der Waals surface area contributed by atoms with E-state index in [0.717, 1.165) is 17.5 Å². The predicted molar refractivity (Wildman–Crippen MR) is 98.0 cm³/mol. The van der Waals surface area contributed by atoms with E-state index in [1.807, 2.05) is 32.0 Å². The van der Waals surface area contributed by atoms with Crippen LogP contribution in [-0.2, 0) is 11.2 Å². The zero-order chi connectivity index (χ0) is 18.5. The highest BCUT2D eigenvalue weighted by Crippen LogP contribution is 2.32. The van der Waals surface area contributed by atoms with Crippen LogP contribution in [0.4, 0.5) is 4.39 Å². The van der Waals surface area contributed by atoms with Gasteiger partial charge in [0.1, 0.15) is 18.2 Å². The highest BCUT2D eigenvalue weighted by atomic mass is 19.1. The van der Waals surface area contributed by atoms with Gasteiger partial charge in [0.25, 0.3) is 5.91 Å². The molecule has 1 atom stereocenters. The molecule has 0 saturated carbocycles. The molecule has 0 spiro atoms. The number of ether oxygens (including phenoxy) is 2. The lowest BCUT2D eigenvalue weighted by Gasteiger charge is -2.35. The van der Waals surface area contributed by atoms with Crippen LogP contribution >= 0.6 is 0 Å². The summed E-state index contributed by atoms with van der Waals surface area (Å²) < 4.78 is 24.7. The fourth-order valence-electron chi connectivity index (χ4n) is 3.34. The van der Waals surface area contributed by atoms with Gasteiger partial charge < -0.3 is 14.4 Å². The maximum absolute atomic E-state index is 13.7. The van der Waals surface area contributed by atoms with Crippen molar-refractivity contribution in [3.05, 3.63) is 65.0 Å². The number of amides is 1. The Bertz CT molecular complexity index is 778. The van der Waals surface area contributed by atoms with Crippen LogP contribution in [0.2, 0.25) is 0 Å². The van der Waals surface area contributed by atoms with Gasteiger partial charge in [0.05, 0.1) is 18.2 Å². The second-order valence-corrected chi connectivity index (χ2v) is 6.31. The van der Waals surface area contributed by atoms with Gasteiger partial charge in [-0.2, -0.15) is 0 Å². The Morgan fingerprint density at radius 2 is 2.04 bits per heavy atom. The summed E-state index contributed by atoms with van der Waals surface area (Å²) in [7, 11) is 0. The van der Waals surface area contributed by atoms with E-state index in [-0.39, 0.29) is 17.8 Å². The number of carbonyl (C=O) groups is 1. The van der Waals surface area contributed by atoms with Gasteiger partial charge in [-0.15, -0.1) is 0 Å². The molecule has 0 aliphatic carbocycles. The largest absolute Gasteiger partial charge is 0.490 e. The van der Waals surface area contributed by atoms with Gasteiger partial charge in [0.2, 0.25) is 0 Å². The van der Waals surface area contributed by atoms with Gasteiger partial charge >= 0.3 is 0 Å². The van der Waals surface area contributed by atoms with Crippen LogP contribution in [0.3, 0.4) is 0 Å². The molecule has 0 radical (unpaired) electrons. The molecule has 1 amide bonds. The maximum Gasteiger partial charge on any atom is 0.258 e. The summed E-state index contributed by atoms with van der Waals surface area (Å²) in [5, 5.41) is 0. The summed E-state index contributed by atoms with van der Waals surface area (Å²) in [5.41, 5.74) is 2.50. The molecule has 1 aliphatic rings. The molecule has 2 aromatic carbocycles. The Balaban J connectivity index is 1.79. The number of rotatable bonds is 6. The summed E-state index contributed by atoms with van der Waals surface area (Å²) in [6.45, 7) is 5.97. The first kappa shape index (κ1) is 18.4. The normalized spacial score (nSPS) is 16.3. The van der Waals surface area contributed by atoms with E-state index in [1.165, 1.54) is 12.1 Å².